The lowest BCUT2D eigenvalue weighted by Gasteiger charge is -2.04. The van der Waals surface area contributed by atoms with Crippen molar-refractivity contribution in [1.29, 1.82) is 0 Å². The van der Waals surface area contributed by atoms with Crippen LogP contribution in [0.1, 0.15) is 5.56 Å². The van der Waals surface area contributed by atoms with Gasteiger partial charge in [0.15, 0.2) is 0 Å². The van der Waals surface area contributed by atoms with Gasteiger partial charge in [0, 0.05) is 21.5 Å². The van der Waals surface area contributed by atoms with Crippen LogP contribution in [0.3, 0.4) is 0 Å². The normalized spacial score (nSPS) is 10.7. The molecule has 2 aromatic carbocycles. The number of carbonyl (C=O) groups is 1. The van der Waals surface area contributed by atoms with Crippen molar-refractivity contribution in [3.63, 3.8) is 0 Å². The lowest BCUT2D eigenvalue weighted by atomic mass is 10.2. The molecule has 0 aliphatic heterocycles. The van der Waals surface area contributed by atoms with Crippen LogP contribution < -0.4 is 11.2 Å². The third-order valence-electron chi connectivity index (χ3n) is 2.61. The Bertz CT molecular complexity index is 765. The second kappa shape index (κ2) is 7.61. The summed E-state index contributed by atoms with van der Waals surface area (Å²) in [7, 11) is 0. The number of halogens is 1. The minimum Gasteiger partial charge on any atom is -0.350 e. The Labute approximate surface area is 140 Å². The van der Waals surface area contributed by atoms with E-state index in [1.807, 2.05) is 5.43 Å². The Hall–Kier alpha value is -2.58. The molecule has 0 heterocycles. The summed E-state index contributed by atoms with van der Waals surface area (Å²) in [6, 6.07) is 10.8. The van der Waals surface area contributed by atoms with E-state index in [9.17, 15) is 14.9 Å². The molecule has 3 N–H and O–H groups in total. The molecule has 118 valence electrons. The largest absolute Gasteiger partial charge is 0.350 e. The molecule has 0 aliphatic carbocycles. The number of urea groups is 1. The molecule has 0 bridgehead atoms. The van der Waals surface area contributed by atoms with Crippen LogP contribution in [0.4, 0.5) is 10.5 Å². The topological polar surface area (TPSA) is 111 Å². The predicted molar refractivity (Wildman–Crippen MR) is 89.0 cm³/mol. The molecule has 0 saturated heterocycles. The number of primary amides is 1. The van der Waals surface area contributed by atoms with E-state index in [1.165, 1.54) is 24.0 Å². The Morgan fingerprint density at radius 2 is 2.00 bits per heavy atom. The average molecular weight is 351 g/mol. The highest BCUT2D eigenvalue weighted by atomic mass is 35.5. The molecule has 23 heavy (non-hydrogen) atoms. The quantitative estimate of drug-likeness (QED) is 0.489. The maximum absolute atomic E-state index is 11.2. The molecule has 2 amide bonds. The van der Waals surface area contributed by atoms with Crippen LogP contribution in [-0.4, -0.2) is 17.2 Å². The van der Waals surface area contributed by atoms with Gasteiger partial charge in [-0.25, -0.2) is 10.2 Å². The number of nitrogens with two attached hydrogens (primary N) is 1. The summed E-state index contributed by atoms with van der Waals surface area (Å²) < 4.78 is 0. The Morgan fingerprint density at radius 1 is 1.30 bits per heavy atom. The third kappa shape index (κ3) is 4.97. The first-order chi connectivity index (χ1) is 11.0. The van der Waals surface area contributed by atoms with Crippen molar-refractivity contribution in [3.05, 3.63) is 63.2 Å². The molecule has 7 nitrogen and oxygen atoms in total. The molecule has 0 aliphatic rings. The Morgan fingerprint density at radius 3 is 2.61 bits per heavy atom. The summed E-state index contributed by atoms with van der Waals surface area (Å²) >= 11 is 7.07. The van der Waals surface area contributed by atoms with Crippen molar-refractivity contribution in [3.8, 4) is 0 Å². The van der Waals surface area contributed by atoms with E-state index in [0.717, 1.165) is 4.90 Å². The van der Waals surface area contributed by atoms with E-state index < -0.39 is 11.0 Å². The number of nitro benzene ring substituents is 1. The van der Waals surface area contributed by atoms with Crippen LogP contribution in [0.5, 0.6) is 0 Å². The maximum Gasteiger partial charge on any atom is 0.332 e. The van der Waals surface area contributed by atoms with Crippen molar-refractivity contribution in [2.24, 2.45) is 10.8 Å². The number of nitrogens with one attached hydrogen (secondary N) is 1. The molecule has 0 spiro atoms. The van der Waals surface area contributed by atoms with Crippen LogP contribution in [-0.2, 0) is 0 Å². The fourth-order valence-electron chi connectivity index (χ4n) is 1.64. The first-order valence-electron chi connectivity index (χ1n) is 6.26. The standard InChI is InChI=1S/C14H11ClN4O3S/c15-10-2-4-11(5-3-10)23-13-6-1-9(7-12(13)19(21)22)8-17-18-14(16)20/h1-8H,(H3,16,18,20). The third-order valence-corrected chi connectivity index (χ3v) is 3.93. The predicted octanol–water partition coefficient (Wildman–Crippen LogP) is 3.40. The van der Waals surface area contributed by atoms with Crippen LogP contribution in [0.15, 0.2) is 57.4 Å². The zero-order valence-electron chi connectivity index (χ0n) is 11.6. The van der Waals surface area contributed by atoms with Gasteiger partial charge in [-0.3, -0.25) is 10.1 Å². The lowest BCUT2D eigenvalue weighted by molar-refractivity contribution is -0.387. The number of nitro groups is 1. The molecule has 0 fully saturated rings. The second-order valence-electron chi connectivity index (χ2n) is 4.27. The summed E-state index contributed by atoms with van der Waals surface area (Å²) in [6.45, 7) is 0. The molecular weight excluding hydrogens is 340 g/mol. The van der Waals surface area contributed by atoms with Crippen molar-refractivity contribution in [1.82, 2.24) is 5.43 Å². The minimum atomic E-state index is -0.814. The molecule has 0 radical (unpaired) electrons. The van der Waals surface area contributed by atoms with Gasteiger partial charge in [0.25, 0.3) is 5.69 Å². The van der Waals surface area contributed by atoms with Gasteiger partial charge in [-0.1, -0.05) is 29.4 Å². The van der Waals surface area contributed by atoms with Crippen molar-refractivity contribution in [2.75, 3.05) is 0 Å². The van der Waals surface area contributed by atoms with Gasteiger partial charge in [-0.15, -0.1) is 0 Å². The fraction of sp³-hybridized carbons (Fsp3) is 0. The van der Waals surface area contributed by atoms with Gasteiger partial charge in [-0.2, -0.15) is 5.10 Å². The average Bonchev–Trinajstić information content (AvgIpc) is 2.50. The minimum absolute atomic E-state index is 0.0621. The van der Waals surface area contributed by atoms with E-state index in [4.69, 9.17) is 17.3 Å². The Balaban J connectivity index is 2.25. The summed E-state index contributed by atoms with van der Waals surface area (Å²) in [5.74, 6) is 0. The van der Waals surface area contributed by atoms with E-state index >= 15 is 0 Å². The van der Waals surface area contributed by atoms with Crippen molar-refractivity contribution >= 4 is 41.3 Å². The summed E-state index contributed by atoms with van der Waals surface area (Å²) in [5.41, 5.74) is 7.30. The van der Waals surface area contributed by atoms with Gasteiger partial charge in [0.05, 0.1) is 16.0 Å². The van der Waals surface area contributed by atoms with Gasteiger partial charge in [-0.05, 0) is 30.3 Å². The van der Waals surface area contributed by atoms with Crippen LogP contribution >= 0.6 is 23.4 Å². The van der Waals surface area contributed by atoms with Crippen molar-refractivity contribution in [2.45, 2.75) is 9.79 Å². The van der Waals surface area contributed by atoms with Crippen LogP contribution in [0.25, 0.3) is 0 Å². The number of carbonyl (C=O) groups excluding carboxylic acids is 1. The molecule has 2 aromatic rings. The fourth-order valence-corrected chi connectivity index (χ4v) is 2.67. The maximum atomic E-state index is 11.2. The van der Waals surface area contributed by atoms with E-state index in [0.29, 0.717) is 15.5 Å². The first-order valence-corrected chi connectivity index (χ1v) is 7.45. The number of hydrogen-bond donors (Lipinski definition) is 2. The van der Waals surface area contributed by atoms with Gasteiger partial charge >= 0.3 is 6.03 Å². The van der Waals surface area contributed by atoms with Gasteiger partial charge in [0.1, 0.15) is 0 Å². The number of benzene rings is 2. The smallest absolute Gasteiger partial charge is 0.332 e. The molecule has 0 unspecified atom stereocenters. The zero-order chi connectivity index (χ0) is 16.8. The molecule has 9 heteroatoms. The highest BCUT2D eigenvalue weighted by Gasteiger charge is 2.15. The number of amides is 2. The van der Waals surface area contributed by atoms with E-state index in [2.05, 4.69) is 5.10 Å². The SMILES string of the molecule is NC(=O)NN=Cc1ccc(Sc2ccc(Cl)cc2)c([N+](=O)[O-])c1. The van der Waals surface area contributed by atoms with Crippen LogP contribution in [0, 0.1) is 10.1 Å². The molecular formula is C14H11ClN4O3S. The zero-order valence-corrected chi connectivity index (χ0v) is 13.2. The molecule has 2 rings (SSSR count). The van der Waals surface area contributed by atoms with Gasteiger partial charge in [0.2, 0.25) is 0 Å². The first kappa shape index (κ1) is 16.8. The highest BCUT2D eigenvalue weighted by molar-refractivity contribution is 7.99. The lowest BCUT2D eigenvalue weighted by Crippen LogP contribution is -2.24. The number of hydrazone groups is 1. The summed E-state index contributed by atoms with van der Waals surface area (Å²) in [4.78, 5) is 22.6. The Kier molecular flexibility index (Phi) is 5.56. The number of hydrogen-bond acceptors (Lipinski definition) is 5. The highest BCUT2D eigenvalue weighted by Crippen LogP contribution is 2.35. The van der Waals surface area contributed by atoms with Crippen LogP contribution in [0.2, 0.25) is 5.02 Å². The monoisotopic (exact) mass is 350 g/mol. The molecule has 0 atom stereocenters. The molecule has 0 aromatic heterocycles. The van der Waals surface area contributed by atoms with E-state index in [1.54, 1.807) is 36.4 Å². The summed E-state index contributed by atoms with van der Waals surface area (Å²) in [5, 5.41) is 15.4. The second-order valence-corrected chi connectivity index (χ2v) is 5.83. The van der Waals surface area contributed by atoms with Crippen molar-refractivity contribution < 1.29 is 9.72 Å². The number of rotatable bonds is 5. The summed E-state index contributed by atoms with van der Waals surface area (Å²) in [6.07, 6.45) is 1.27. The van der Waals surface area contributed by atoms with Gasteiger partial charge < -0.3 is 5.73 Å². The molecule has 0 saturated carbocycles. The number of nitrogens with zero attached hydrogens (tertiary/aromatic N) is 2. The van der Waals surface area contributed by atoms with E-state index in [-0.39, 0.29) is 5.69 Å².